The van der Waals surface area contributed by atoms with Gasteiger partial charge in [-0.15, -0.1) is 0 Å². The number of nitrogens with zero attached hydrogens (tertiary/aromatic N) is 1. The van der Waals surface area contributed by atoms with Crippen molar-refractivity contribution in [3.63, 3.8) is 0 Å². The minimum atomic E-state index is -0.502. The standard InChI is InChI=1S/C27H30N2O5/c1-17(2)16-34-23-13-10-18(14-25(23)33-5)26-28-21-9-7-6-8-20(21)27(30)29(26)22-12-11-19(31-3)15-24(22)32-4/h6-15,17,26,28H,16H2,1-5H3/t26-/m1/s1. The van der Waals surface area contributed by atoms with Crippen molar-refractivity contribution in [1.29, 1.82) is 0 Å². The number of carbonyl (C=O) groups is 1. The average molecular weight is 463 g/mol. The summed E-state index contributed by atoms with van der Waals surface area (Å²) in [7, 11) is 4.78. The molecule has 7 nitrogen and oxygen atoms in total. The molecule has 1 amide bonds. The molecule has 0 aliphatic carbocycles. The van der Waals surface area contributed by atoms with E-state index in [1.54, 1.807) is 32.3 Å². The van der Waals surface area contributed by atoms with Crippen LogP contribution in [-0.4, -0.2) is 33.8 Å². The molecule has 3 aromatic carbocycles. The van der Waals surface area contributed by atoms with Gasteiger partial charge >= 0.3 is 0 Å². The molecule has 1 heterocycles. The zero-order chi connectivity index (χ0) is 24.2. The third-order valence-electron chi connectivity index (χ3n) is 5.65. The lowest BCUT2D eigenvalue weighted by molar-refractivity contribution is 0.0974. The van der Waals surface area contributed by atoms with E-state index in [1.165, 1.54) is 0 Å². The van der Waals surface area contributed by atoms with Crippen molar-refractivity contribution in [2.45, 2.75) is 20.0 Å². The quantitative estimate of drug-likeness (QED) is 0.476. The molecule has 178 valence electrons. The molecule has 0 saturated heterocycles. The summed E-state index contributed by atoms with van der Waals surface area (Å²) >= 11 is 0. The number of hydrogen-bond donors (Lipinski definition) is 1. The van der Waals surface area contributed by atoms with Crippen LogP contribution in [0.2, 0.25) is 0 Å². The van der Waals surface area contributed by atoms with E-state index in [9.17, 15) is 4.79 Å². The number of carbonyl (C=O) groups excluding carboxylic acids is 1. The van der Waals surface area contributed by atoms with Crippen LogP contribution >= 0.6 is 0 Å². The molecule has 0 saturated carbocycles. The minimum Gasteiger partial charge on any atom is -0.497 e. The van der Waals surface area contributed by atoms with Gasteiger partial charge in [-0.3, -0.25) is 9.69 Å². The number of anilines is 2. The fraction of sp³-hybridized carbons (Fsp3) is 0.296. The molecule has 1 atom stereocenters. The predicted octanol–water partition coefficient (Wildman–Crippen LogP) is 5.52. The fourth-order valence-corrected chi connectivity index (χ4v) is 3.95. The molecule has 0 fully saturated rings. The Hall–Kier alpha value is -3.87. The Labute approximate surface area is 200 Å². The summed E-state index contributed by atoms with van der Waals surface area (Å²) in [4.78, 5) is 15.5. The van der Waals surface area contributed by atoms with Crippen molar-refractivity contribution in [3.05, 3.63) is 71.8 Å². The van der Waals surface area contributed by atoms with E-state index in [2.05, 4.69) is 19.2 Å². The van der Waals surface area contributed by atoms with Crippen LogP contribution in [0.4, 0.5) is 11.4 Å². The van der Waals surface area contributed by atoms with E-state index in [0.29, 0.717) is 46.8 Å². The maximum absolute atomic E-state index is 13.8. The summed E-state index contributed by atoms with van der Waals surface area (Å²) in [5, 5.41) is 3.52. The van der Waals surface area contributed by atoms with Crippen molar-refractivity contribution in [2.24, 2.45) is 5.92 Å². The molecule has 7 heteroatoms. The molecule has 0 aromatic heterocycles. The Bertz CT molecular complexity index is 1180. The average Bonchev–Trinajstić information content (AvgIpc) is 2.87. The van der Waals surface area contributed by atoms with Gasteiger partial charge in [0.1, 0.15) is 17.7 Å². The molecule has 1 aliphatic heterocycles. The largest absolute Gasteiger partial charge is 0.497 e. The SMILES string of the molecule is COc1ccc(N2C(=O)c3ccccc3N[C@H]2c2ccc(OCC(C)C)c(OC)c2)c(OC)c1. The van der Waals surface area contributed by atoms with Crippen molar-refractivity contribution < 1.29 is 23.7 Å². The molecule has 0 spiro atoms. The van der Waals surface area contributed by atoms with Gasteiger partial charge in [0.15, 0.2) is 11.5 Å². The highest BCUT2D eigenvalue weighted by Crippen LogP contribution is 2.43. The minimum absolute atomic E-state index is 0.137. The second-order valence-electron chi connectivity index (χ2n) is 8.42. The van der Waals surface area contributed by atoms with E-state index >= 15 is 0 Å². The van der Waals surface area contributed by atoms with Gasteiger partial charge in [0, 0.05) is 11.8 Å². The number of hydrogen-bond acceptors (Lipinski definition) is 6. The van der Waals surface area contributed by atoms with E-state index in [0.717, 1.165) is 11.3 Å². The maximum atomic E-state index is 13.8. The molecule has 1 aliphatic rings. The van der Waals surface area contributed by atoms with E-state index < -0.39 is 6.17 Å². The van der Waals surface area contributed by atoms with E-state index in [-0.39, 0.29) is 5.91 Å². The van der Waals surface area contributed by atoms with Gasteiger partial charge in [0.2, 0.25) is 0 Å². The Balaban J connectivity index is 1.82. The van der Waals surface area contributed by atoms with Gasteiger partial charge in [-0.25, -0.2) is 0 Å². The second kappa shape index (κ2) is 9.95. The summed E-state index contributed by atoms with van der Waals surface area (Å²) in [5.41, 5.74) is 2.81. The molecular formula is C27H30N2O5. The van der Waals surface area contributed by atoms with Gasteiger partial charge < -0.3 is 24.3 Å². The Kier molecular flexibility index (Phi) is 6.82. The first-order valence-corrected chi connectivity index (χ1v) is 11.2. The Morgan fingerprint density at radius 1 is 0.882 bits per heavy atom. The normalized spacial score (nSPS) is 14.9. The van der Waals surface area contributed by atoms with Crippen LogP contribution in [0.3, 0.4) is 0 Å². The van der Waals surface area contributed by atoms with Crippen LogP contribution in [-0.2, 0) is 0 Å². The summed E-state index contributed by atoms with van der Waals surface area (Å²) < 4.78 is 22.5. The summed E-state index contributed by atoms with van der Waals surface area (Å²) in [6.45, 7) is 4.77. The first-order chi connectivity index (χ1) is 16.5. The van der Waals surface area contributed by atoms with Gasteiger partial charge in [0.25, 0.3) is 5.91 Å². The molecular weight excluding hydrogens is 432 g/mol. The van der Waals surface area contributed by atoms with Gasteiger partial charge in [-0.05, 0) is 47.9 Å². The van der Waals surface area contributed by atoms with Gasteiger partial charge in [0.05, 0.1) is 39.2 Å². The van der Waals surface area contributed by atoms with Crippen LogP contribution in [0.1, 0.15) is 35.9 Å². The Morgan fingerprint density at radius 2 is 1.65 bits per heavy atom. The van der Waals surface area contributed by atoms with Crippen LogP contribution < -0.4 is 29.2 Å². The third-order valence-corrected chi connectivity index (χ3v) is 5.65. The molecule has 3 aromatic rings. The summed E-state index contributed by atoms with van der Waals surface area (Å²) in [6.07, 6.45) is -0.502. The topological polar surface area (TPSA) is 69.3 Å². The van der Waals surface area contributed by atoms with Crippen LogP contribution in [0.15, 0.2) is 60.7 Å². The van der Waals surface area contributed by atoms with Crippen molar-refractivity contribution >= 4 is 17.3 Å². The van der Waals surface area contributed by atoms with Crippen molar-refractivity contribution in [3.8, 4) is 23.0 Å². The summed E-state index contributed by atoms with van der Waals surface area (Å²) in [6, 6.07) is 18.6. The Morgan fingerprint density at radius 3 is 2.35 bits per heavy atom. The zero-order valence-electron chi connectivity index (χ0n) is 20.1. The van der Waals surface area contributed by atoms with E-state index in [4.69, 9.17) is 18.9 Å². The van der Waals surface area contributed by atoms with Gasteiger partial charge in [-0.1, -0.05) is 32.0 Å². The monoisotopic (exact) mass is 462 g/mol. The highest BCUT2D eigenvalue weighted by atomic mass is 16.5. The fourth-order valence-electron chi connectivity index (χ4n) is 3.95. The molecule has 1 N–H and O–H groups in total. The zero-order valence-corrected chi connectivity index (χ0v) is 20.1. The molecule has 34 heavy (non-hydrogen) atoms. The lowest BCUT2D eigenvalue weighted by Gasteiger charge is -2.38. The molecule has 0 unspecified atom stereocenters. The number of nitrogens with one attached hydrogen (secondary N) is 1. The third kappa shape index (κ3) is 4.46. The first kappa shape index (κ1) is 23.3. The number of rotatable bonds is 8. The smallest absolute Gasteiger partial charge is 0.262 e. The first-order valence-electron chi connectivity index (χ1n) is 11.2. The number of methoxy groups -OCH3 is 3. The van der Waals surface area contributed by atoms with Crippen LogP contribution in [0.5, 0.6) is 23.0 Å². The number of para-hydroxylation sites is 1. The van der Waals surface area contributed by atoms with E-state index in [1.807, 2.05) is 54.6 Å². The van der Waals surface area contributed by atoms with Crippen LogP contribution in [0, 0.1) is 5.92 Å². The highest BCUT2D eigenvalue weighted by molar-refractivity contribution is 6.12. The number of ether oxygens (including phenoxy) is 4. The molecule has 4 rings (SSSR count). The maximum Gasteiger partial charge on any atom is 0.262 e. The van der Waals surface area contributed by atoms with Crippen LogP contribution in [0.25, 0.3) is 0 Å². The second-order valence-corrected chi connectivity index (χ2v) is 8.42. The molecule has 0 bridgehead atoms. The van der Waals surface area contributed by atoms with Crippen molar-refractivity contribution in [1.82, 2.24) is 0 Å². The molecule has 0 radical (unpaired) electrons. The van der Waals surface area contributed by atoms with Gasteiger partial charge in [-0.2, -0.15) is 0 Å². The lowest BCUT2D eigenvalue weighted by Crippen LogP contribution is -2.43. The number of amides is 1. The predicted molar refractivity (Wildman–Crippen MR) is 132 cm³/mol. The lowest BCUT2D eigenvalue weighted by atomic mass is 10.0. The number of fused-ring (bicyclic) bond motifs is 1. The number of benzene rings is 3. The van der Waals surface area contributed by atoms with Crippen molar-refractivity contribution in [2.75, 3.05) is 38.2 Å². The summed E-state index contributed by atoms with van der Waals surface area (Å²) in [5.74, 6) is 2.69. The highest BCUT2D eigenvalue weighted by Gasteiger charge is 2.36.